The summed E-state index contributed by atoms with van der Waals surface area (Å²) in [6.07, 6.45) is -4.38. The highest BCUT2D eigenvalue weighted by Gasteiger charge is 2.45. The third-order valence-corrected chi connectivity index (χ3v) is 4.30. The molecular formula is C11H22F3NOS. The fourth-order valence-corrected chi connectivity index (χ4v) is 2.08. The van der Waals surface area contributed by atoms with Crippen LogP contribution in [-0.4, -0.2) is 21.2 Å². The van der Waals surface area contributed by atoms with Crippen molar-refractivity contribution < 1.29 is 17.4 Å². The van der Waals surface area contributed by atoms with E-state index < -0.39 is 33.9 Å². The van der Waals surface area contributed by atoms with E-state index in [0.717, 1.165) is 0 Å². The van der Waals surface area contributed by atoms with E-state index in [2.05, 4.69) is 4.72 Å². The SMILES string of the molecule is CC(C)[C@H](C)[C@H](N[S@](=O)C(C)(C)C)C(F)(F)F. The highest BCUT2D eigenvalue weighted by molar-refractivity contribution is 7.84. The molecule has 0 saturated carbocycles. The van der Waals surface area contributed by atoms with E-state index in [1.54, 1.807) is 34.6 Å². The minimum absolute atomic E-state index is 0.133. The van der Waals surface area contributed by atoms with Gasteiger partial charge in [0.05, 0.1) is 15.7 Å². The first kappa shape index (κ1) is 16.9. The van der Waals surface area contributed by atoms with Crippen LogP contribution in [0, 0.1) is 11.8 Å². The van der Waals surface area contributed by atoms with Crippen molar-refractivity contribution in [3.05, 3.63) is 0 Å². The standard InChI is InChI=1S/C11H22F3NOS/c1-7(2)8(3)9(11(12,13)14)15-17(16)10(4,5)6/h7-9,15H,1-6H3/t8-,9-,17+/m0/s1. The molecule has 0 radical (unpaired) electrons. The van der Waals surface area contributed by atoms with Crippen molar-refractivity contribution in [3.63, 3.8) is 0 Å². The van der Waals surface area contributed by atoms with Gasteiger partial charge in [0.25, 0.3) is 0 Å². The summed E-state index contributed by atoms with van der Waals surface area (Å²) < 4.78 is 51.9. The Hall–Kier alpha value is -0.100. The Bertz CT molecular complexity index is 271. The van der Waals surface area contributed by atoms with Gasteiger partial charge in [0.1, 0.15) is 6.04 Å². The Morgan fingerprint density at radius 3 is 1.71 bits per heavy atom. The largest absolute Gasteiger partial charge is 0.405 e. The summed E-state index contributed by atoms with van der Waals surface area (Å²) in [5.41, 5.74) is 0. The number of halogens is 3. The molecule has 0 fully saturated rings. The number of rotatable bonds is 4. The molecule has 0 aliphatic heterocycles. The molecule has 1 N–H and O–H groups in total. The monoisotopic (exact) mass is 273 g/mol. The zero-order valence-electron chi connectivity index (χ0n) is 11.2. The van der Waals surface area contributed by atoms with Crippen LogP contribution >= 0.6 is 0 Å². The fourth-order valence-electron chi connectivity index (χ4n) is 1.15. The van der Waals surface area contributed by atoms with Gasteiger partial charge < -0.3 is 0 Å². The van der Waals surface area contributed by atoms with Gasteiger partial charge >= 0.3 is 6.18 Å². The van der Waals surface area contributed by atoms with Crippen LogP contribution in [0.1, 0.15) is 41.5 Å². The zero-order chi connectivity index (χ0) is 14.0. The Balaban J connectivity index is 4.93. The number of alkyl halides is 3. The van der Waals surface area contributed by atoms with Crippen LogP contribution in [0.3, 0.4) is 0 Å². The average Bonchev–Trinajstić information content (AvgIpc) is 2.08. The minimum atomic E-state index is -4.38. The lowest BCUT2D eigenvalue weighted by molar-refractivity contribution is -0.164. The maximum absolute atomic E-state index is 12.9. The summed E-state index contributed by atoms with van der Waals surface area (Å²) in [5, 5.41) is 0. The van der Waals surface area contributed by atoms with Gasteiger partial charge in [0, 0.05) is 0 Å². The first-order valence-corrected chi connectivity index (χ1v) is 6.77. The molecule has 0 aromatic heterocycles. The van der Waals surface area contributed by atoms with Crippen LogP contribution in [0.4, 0.5) is 13.2 Å². The second-order valence-electron chi connectivity index (χ2n) is 5.62. The number of hydrogen-bond donors (Lipinski definition) is 1. The number of nitrogens with one attached hydrogen (secondary N) is 1. The van der Waals surface area contributed by atoms with Crippen molar-refractivity contribution in [3.8, 4) is 0 Å². The minimum Gasteiger partial charge on any atom is -0.242 e. The van der Waals surface area contributed by atoms with E-state index in [-0.39, 0.29) is 5.92 Å². The molecule has 0 aromatic rings. The van der Waals surface area contributed by atoms with Crippen LogP contribution in [0.15, 0.2) is 0 Å². The summed E-state index contributed by atoms with van der Waals surface area (Å²) in [4.78, 5) is 0. The van der Waals surface area contributed by atoms with E-state index in [4.69, 9.17) is 0 Å². The van der Waals surface area contributed by atoms with Crippen molar-refractivity contribution in [1.82, 2.24) is 4.72 Å². The quantitative estimate of drug-likeness (QED) is 0.837. The van der Waals surface area contributed by atoms with Gasteiger partial charge in [-0.2, -0.15) is 13.2 Å². The molecule has 6 heteroatoms. The molecule has 0 aliphatic rings. The predicted molar refractivity (Wildman–Crippen MR) is 64.9 cm³/mol. The Labute approximate surface area is 104 Å². The van der Waals surface area contributed by atoms with Crippen molar-refractivity contribution in [2.45, 2.75) is 58.5 Å². The molecule has 0 heterocycles. The summed E-state index contributed by atoms with van der Waals surface area (Å²) in [5.74, 6) is -0.757. The first-order valence-electron chi connectivity index (χ1n) is 5.62. The first-order chi connectivity index (χ1) is 7.37. The van der Waals surface area contributed by atoms with Gasteiger partial charge in [-0.15, -0.1) is 0 Å². The van der Waals surface area contributed by atoms with Crippen molar-refractivity contribution in [2.24, 2.45) is 11.8 Å². The lowest BCUT2D eigenvalue weighted by Gasteiger charge is -2.31. The Morgan fingerprint density at radius 2 is 1.47 bits per heavy atom. The third-order valence-electron chi connectivity index (χ3n) is 2.72. The molecule has 0 aliphatic carbocycles. The van der Waals surface area contributed by atoms with Gasteiger partial charge in [-0.25, -0.2) is 8.93 Å². The van der Waals surface area contributed by atoms with Crippen LogP contribution in [0.5, 0.6) is 0 Å². The number of hydrogen-bond acceptors (Lipinski definition) is 1. The molecule has 104 valence electrons. The topological polar surface area (TPSA) is 29.1 Å². The van der Waals surface area contributed by atoms with Crippen molar-refractivity contribution in [1.29, 1.82) is 0 Å². The summed E-state index contributed by atoms with van der Waals surface area (Å²) in [7, 11) is -1.72. The molecule has 2 nitrogen and oxygen atoms in total. The average molecular weight is 273 g/mol. The van der Waals surface area contributed by atoms with E-state index in [0.29, 0.717) is 0 Å². The van der Waals surface area contributed by atoms with Gasteiger partial charge in [-0.1, -0.05) is 20.8 Å². The second kappa shape index (κ2) is 5.69. The van der Waals surface area contributed by atoms with Crippen LogP contribution in [-0.2, 0) is 11.0 Å². The van der Waals surface area contributed by atoms with E-state index in [1.807, 2.05) is 0 Å². The van der Waals surface area contributed by atoms with Gasteiger partial charge in [0.15, 0.2) is 0 Å². The molecule has 3 atom stereocenters. The summed E-state index contributed by atoms with van der Waals surface area (Å²) >= 11 is 0. The van der Waals surface area contributed by atoms with Gasteiger partial charge in [-0.3, -0.25) is 0 Å². The van der Waals surface area contributed by atoms with E-state index in [1.165, 1.54) is 6.92 Å². The molecule has 0 rings (SSSR count). The Kier molecular flexibility index (Phi) is 5.66. The maximum Gasteiger partial charge on any atom is 0.405 e. The second-order valence-corrected chi connectivity index (χ2v) is 7.62. The fraction of sp³-hybridized carbons (Fsp3) is 1.00. The van der Waals surface area contributed by atoms with Crippen molar-refractivity contribution >= 4 is 11.0 Å². The third kappa shape index (κ3) is 5.38. The highest BCUT2D eigenvalue weighted by Crippen LogP contribution is 2.30. The van der Waals surface area contributed by atoms with E-state index >= 15 is 0 Å². The van der Waals surface area contributed by atoms with Gasteiger partial charge in [-0.05, 0) is 32.6 Å². The van der Waals surface area contributed by atoms with Gasteiger partial charge in [0.2, 0.25) is 0 Å². The van der Waals surface area contributed by atoms with Crippen molar-refractivity contribution in [2.75, 3.05) is 0 Å². The smallest absolute Gasteiger partial charge is 0.242 e. The molecule has 0 amide bonds. The van der Waals surface area contributed by atoms with Crippen LogP contribution < -0.4 is 4.72 Å². The predicted octanol–water partition coefficient (Wildman–Crippen LogP) is 3.26. The van der Waals surface area contributed by atoms with E-state index in [9.17, 15) is 17.4 Å². The Morgan fingerprint density at radius 1 is 1.06 bits per heavy atom. The summed E-state index contributed by atoms with van der Waals surface area (Å²) in [6.45, 7) is 9.91. The van der Waals surface area contributed by atoms with Crippen LogP contribution in [0.25, 0.3) is 0 Å². The zero-order valence-corrected chi connectivity index (χ0v) is 12.0. The summed E-state index contributed by atoms with van der Waals surface area (Å²) in [6, 6.07) is -1.73. The lowest BCUT2D eigenvalue weighted by atomic mass is 9.90. The maximum atomic E-state index is 12.9. The molecule has 0 spiro atoms. The lowest BCUT2D eigenvalue weighted by Crippen LogP contribution is -2.51. The molecule has 0 aromatic carbocycles. The normalized spacial score (nSPS) is 19.2. The molecular weight excluding hydrogens is 251 g/mol. The molecule has 17 heavy (non-hydrogen) atoms. The van der Waals surface area contributed by atoms with Crippen LogP contribution in [0.2, 0.25) is 0 Å². The molecule has 0 bridgehead atoms. The highest BCUT2D eigenvalue weighted by atomic mass is 32.2. The molecule has 0 saturated heterocycles. The molecule has 0 unspecified atom stereocenters.